The van der Waals surface area contributed by atoms with Gasteiger partial charge in [-0.3, -0.25) is 9.13 Å². The third-order valence-electron chi connectivity index (χ3n) is 3.47. The first-order chi connectivity index (χ1) is 10.8. The van der Waals surface area contributed by atoms with Gasteiger partial charge in [-0.05, 0) is 28.1 Å². The third kappa shape index (κ3) is 2.71. The zero-order valence-electron chi connectivity index (χ0n) is 12.1. The van der Waals surface area contributed by atoms with Gasteiger partial charge in [0.05, 0.1) is 28.7 Å². The van der Waals surface area contributed by atoms with Crippen molar-refractivity contribution in [2.24, 2.45) is 14.1 Å². The Morgan fingerprint density at radius 3 is 2.52 bits per heavy atom. The molecule has 0 atom stereocenters. The molecular formula is C12H12BrN5O4S. The maximum Gasteiger partial charge on any atom is 0.328 e. The maximum atomic E-state index is 12.5. The van der Waals surface area contributed by atoms with Crippen LogP contribution in [0.1, 0.15) is 5.69 Å². The summed E-state index contributed by atoms with van der Waals surface area (Å²) in [4.78, 5) is 12.0. The molecule has 3 aromatic rings. The lowest BCUT2D eigenvalue weighted by molar-refractivity contribution is 0.303. The van der Waals surface area contributed by atoms with Gasteiger partial charge in [-0.25, -0.2) is 22.6 Å². The summed E-state index contributed by atoms with van der Waals surface area (Å²) in [5.41, 5.74) is 1.27. The fraction of sp³-hybridized carbons (Fsp3) is 0.250. The van der Waals surface area contributed by atoms with Crippen LogP contribution in [-0.4, -0.2) is 27.9 Å². The molecule has 3 rings (SSSR count). The molecule has 0 aliphatic rings. The molecule has 1 N–H and O–H groups in total. The number of nitrogens with one attached hydrogen (secondary N) is 1. The highest BCUT2D eigenvalue weighted by Crippen LogP contribution is 2.27. The first kappa shape index (κ1) is 15.9. The van der Waals surface area contributed by atoms with Gasteiger partial charge >= 0.3 is 5.69 Å². The summed E-state index contributed by atoms with van der Waals surface area (Å²) in [6.45, 7) is -0.0516. The van der Waals surface area contributed by atoms with E-state index in [2.05, 4.69) is 35.6 Å². The first-order valence-corrected chi connectivity index (χ1v) is 8.70. The van der Waals surface area contributed by atoms with E-state index in [4.69, 9.17) is 0 Å². The van der Waals surface area contributed by atoms with Gasteiger partial charge in [0.25, 0.3) is 0 Å². The molecule has 0 aliphatic carbocycles. The molecule has 122 valence electrons. The van der Waals surface area contributed by atoms with E-state index in [1.165, 1.54) is 21.4 Å². The Hall–Kier alpha value is -1.98. The fourth-order valence-electron chi connectivity index (χ4n) is 2.22. The molecule has 0 radical (unpaired) electrons. The van der Waals surface area contributed by atoms with Crippen molar-refractivity contribution in [2.45, 2.75) is 11.4 Å². The molecular weight excluding hydrogens is 390 g/mol. The van der Waals surface area contributed by atoms with Crippen molar-refractivity contribution in [3.8, 4) is 0 Å². The summed E-state index contributed by atoms with van der Waals surface area (Å²) in [6, 6.07) is 3.05. The number of fused-ring (bicyclic) bond motifs is 1. The second-order valence-corrected chi connectivity index (χ2v) is 7.48. The average molecular weight is 402 g/mol. The van der Waals surface area contributed by atoms with Gasteiger partial charge in [-0.2, -0.15) is 0 Å². The number of sulfonamides is 1. The molecule has 23 heavy (non-hydrogen) atoms. The normalized spacial score (nSPS) is 12.1. The van der Waals surface area contributed by atoms with E-state index in [9.17, 15) is 13.2 Å². The zero-order chi connectivity index (χ0) is 16.8. The fourth-order valence-corrected chi connectivity index (χ4v) is 4.26. The van der Waals surface area contributed by atoms with Gasteiger partial charge in [0.15, 0.2) is 0 Å². The number of aryl methyl sites for hydroxylation is 2. The molecule has 1 aromatic carbocycles. The summed E-state index contributed by atoms with van der Waals surface area (Å²) >= 11 is 3.25. The summed E-state index contributed by atoms with van der Waals surface area (Å²) in [6.07, 6.45) is 1.32. The Morgan fingerprint density at radius 2 is 1.91 bits per heavy atom. The van der Waals surface area contributed by atoms with Gasteiger partial charge in [0.1, 0.15) is 5.69 Å². The van der Waals surface area contributed by atoms with Crippen LogP contribution in [0, 0.1) is 0 Å². The molecule has 0 fully saturated rings. The van der Waals surface area contributed by atoms with Gasteiger partial charge in [0, 0.05) is 18.6 Å². The van der Waals surface area contributed by atoms with E-state index >= 15 is 0 Å². The zero-order valence-corrected chi connectivity index (χ0v) is 14.5. The quantitative estimate of drug-likeness (QED) is 0.680. The molecule has 0 saturated carbocycles. The molecule has 11 heteroatoms. The standard InChI is InChI=1S/C12H12BrN5O4S/c1-17-9-3-8(13)11(4-10(9)18(2)12(17)19)23(20,21)15-6-7-5-14-22-16-7/h3-5,15H,6H2,1-2H3. The van der Waals surface area contributed by atoms with Crippen LogP contribution in [0.15, 0.2) is 37.1 Å². The van der Waals surface area contributed by atoms with Crippen molar-refractivity contribution < 1.29 is 13.0 Å². The number of hydrogen-bond acceptors (Lipinski definition) is 6. The SMILES string of the molecule is Cn1c(=O)n(C)c2cc(S(=O)(=O)NCc3cnon3)c(Br)cc21. The van der Waals surface area contributed by atoms with Crippen LogP contribution in [0.3, 0.4) is 0 Å². The number of hydrogen-bond donors (Lipinski definition) is 1. The number of rotatable bonds is 4. The summed E-state index contributed by atoms with van der Waals surface area (Å²) in [7, 11) is -0.597. The van der Waals surface area contributed by atoms with Crippen molar-refractivity contribution >= 4 is 37.0 Å². The minimum atomic E-state index is -3.81. The van der Waals surface area contributed by atoms with Gasteiger partial charge in [-0.1, -0.05) is 10.3 Å². The number of halogens is 1. The highest BCUT2D eigenvalue weighted by Gasteiger charge is 2.21. The predicted molar refractivity (Wildman–Crippen MR) is 84.2 cm³/mol. The van der Waals surface area contributed by atoms with E-state index in [-0.39, 0.29) is 17.1 Å². The summed E-state index contributed by atoms with van der Waals surface area (Å²) in [5, 5.41) is 6.95. The van der Waals surface area contributed by atoms with Crippen molar-refractivity contribution in [1.82, 2.24) is 24.2 Å². The number of nitrogens with zero attached hydrogens (tertiary/aromatic N) is 4. The van der Waals surface area contributed by atoms with Gasteiger partial charge < -0.3 is 0 Å². The lowest BCUT2D eigenvalue weighted by atomic mass is 10.3. The van der Waals surface area contributed by atoms with Crippen molar-refractivity contribution in [3.63, 3.8) is 0 Å². The van der Waals surface area contributed by atoms with Crippen molar-refractivity contribution in [1.29, 1.82) is 0 Å². The Morgan fingerprint density at radius 1 is 1.26 bits per heavy atom. The lowest BCUT2D eigenvalue weighted by Gasteiger charge is -2.08. The molecule has 0 amide bonds. The Bertz CT molecular complexity index is 1040. The number of benzene rings is 1. The largest absolute Gasteiger partial charge is 0.328 e. The van der Waals surface area contributed by atoms with E-state index in [0.717, 1.165) is 0 Å². The predicted octanol–water partition coefficient (Wildman–Crippen LogP) is 0.501. The molecule has 2 heterocycles. The molecule has 9 nitrogen and oxygen atoms in total. The Kier molecular flexibility index (Phi) is 3.86. The van der Waals surface area contributed by atoms with Crippen LogP contribution < -0.4 is 10.4 Å². The highest BCUT2D eigenvalue weighted by atomic mass is 79.9. The first-order valence-electron chi connectivity index (χ1n) is 6.42. The summed E-state index contributed by atoms with van der Waals surface area (Å²) in [5.74, 6) is 0. The second kappa shape index (κ2) is 5.58. The van der Waals surface area contributed by atoms with Crippen LogP contribution >= 0.6 is 15.9 Å². The number of imidazole rings is 1. The van der Waals surface area contributed by atoms with Crippen LogP contribution in [-0.2, 0) is 30.7 Å². The van der Waals surface area contributed by atoms with Gasteiger partial charge in [0.2, 0.25) is 10.0 Å². The van der Waals surface area contributed by atoms with E-state index in [1.807, 2.05) is 0 Å². The average Bonchev–Trinajstić information content (AvgIpc) is 3.09. The molecule has 0 spiro atoms. The second-order valence-electron chi connectivity index (χ2n) is 4.90. The van der Waals surface area contributed by atoms with E-state index < -0.39 is 10.0 Å². The molecule has 2 aromatic heterocycles. The Balaban J connectivity index is 2.06. The maximum absolute atomic E-state index is 12.5. The van der Waals surface area contributed by atoms with Gasteiger partial charge in [-0.15, -0.1) is 0 Å². The molecule has 0 aliphatic heterocycles. The van der Waals surface area contributed by atoms with Crippen LogP contribution in [0.2, 0.25) is 0 Å². The van der Waals surface area contributed by atoms with E-state index in [0.29, 0.717) is 21.2 Å². The minimum Gasteiger partial charge on any atom is -0.295 e. The molecule has 0 bridgehead atoms. The highest BCUT2D eigenvalue weighted by molar-refractivity contribution is 9.10. The smallest absolute Gasteiger partial charge is 0.295 e. The lowest BCUT2D eigenvalue weighted by Crippen LogP contribution is -2.23. The number of aromatic nitrogens is 4. The summed E-state index contributed by atoms with van der Waals surface area (Å²) < 4.78 is 35.0. The van der Waals surface area contributed by atoms with Crippen LogP contribution in [0.4, 0.5) is 0 Å². The van der Waals surface area contributed by atoms with Crippen molar-refractivity contribution in [2.75, 3.05) is 0 Å². The van der Waals surface area contributed by atoms with Crippen LogP contribution in [0.5, 0.6) is 0 Å². The molecule has 0 saturated heterocycles. The minimum absolute atomic E-state index is 0.0302. The van der Waals surface area contributed by atoms with E-state index in [1.54, 1.807) is 20.2 Å². The van der Waals surface area contributed by atoms with Crippen LogP contribution in [0.25, 0.3) is 11.0 Å². The third-order valence-corrected chi connectivity index (χ3v) is 5.83. The molecule has 0 unspecified atom stereocenters. The Labute approximate surface area is 139 Å². The van der Waals surface area contributed by atoms with Crippen molar-refractivity contribution in [3.05, 3.63) is 39.0 Å². The monoisotopic (exact) mass is 401 g/mol. The topological polar surface area (TPSA) is 112 Å².